The Balaban J connectivity index is 1.50. The van der Waals surface area contributed by atoms with Crippen molar-refractivity contribution in [2.45, 2.75) is 84.0 Å². The lowest BCUT2D eigenvalue weighted by Crippen LogP contribution is -2.56. The zero-order valence-electron chi connectivity index (χ0n) is 24.2. The minimum Gasteiger partial charge on any atom is -0.376 e. The number of hydrogen-bond acceptors (Lipinski definition) is 8. The molecule has 2 saturated heterocycles. The van der Waals surface area contributed by atoms with E-state index in [-0.39, 0.29) is 30.0 Å². The monoisotopic (exact) mass is 566 g/mol. The van der Waals surface area contributed by atoms with Crippen LogP contribution in [0.25, 0.3) is 4.91 Å². The van der Waals surface area contributed by atoms with Crippen molar-refractivity contribution in [3.05, 3.63) is 52.9 Å². The van der Waals surface area contributed by atoms with Gasteiger partial charge in [0.2, 0.25) is 11.8 Å². The van der Waals surface area contributed by atoms with E-state index in [4.69, 9.17) is 10.00 Å². The van der Waals surface area contributed by atoms with Crippen LogP contribution in [-0.4, -0.2) is 65.1 Å². The third-order valence-corrected chi connectivity index (χ3v) is 8.35. The first-order valence-electron chi connectivity index (χ1n) is 14.2. The van der Waals surface area contributed by atoms with Gasteiger partial charge in [-0.1, -0.05) is 44.5 Å². The summed E-state index contributed by atoms with van der Waals surface area (Å²) in [6.45, 7) is 8.85. The van der Waals surface area contributed by atoms with Crippen molar-refractivity contribution in [2.24, 2.45) is 5.92 Å². The van der Waals surface area contributed by atoms with E-state index in [0.717, 1.165) is 42.5 Å². The number of thiol groups is 1. The molecule has 216 valence electrons. The van der Waals surface area contributed by atoms with E-state index in [9.17, 15) is 9.59 Å². The van der Waals surface area contributed by atoms with Crippen LogP contribution in [-0.2, 0) is 14.3 Å². The normalized spacial score (nSPS) is 24.2. The zero-order chi connectivity index (χ0) is 29.0. The van der Waals surface area contributed by atoms with Crippen LogP contribution < -0.4 is 10.9 Å². The number of hydrazine groups is 2. The second-order valence-corrected chi connectivity index (χ2v) is 11.9. The molecule has 3 aliphatic rings. The molecule has 2 N–H and O–H groups in total. The fraction of sp³-hybridized carbons (Fsp3) is 0.567. The molecule has 0 spiro atoms. The number of nitriles is 1. The van der Waals surface area contributed by atoms with Gasteiger partial charge in [-0.05, 0) is 50.2 Å². The van der Waals surface area contributed by atoms with Crippen molar-refractivity contribution in [1.82, 2.24) is 25.8 Å². The van der Waals surface area contributed by atoms with Crippen LogP contribution in [0, 0.1) is 17.2 Å². The quantitative estimate of drug-likeness (QED) is 0.321. The van der Waals surface area contributed by atoms with Gasteiger partial charge >= 0.3 is 0 Å². The van der Waals surface area contributed by atoms with Crippen molar-refractivity contribution < 1.29 is 14.3 Å². The molecule has 4 rings (SSSR count). The van der Waals surface area contributed by atoms with Crippen LogP contribution in [0.15, 0.2) is 41.7 Å². The van der Waals surface area contributed by atoms with Crippen molar-refractivity contribution in [1.29, 1.82) is 5.26 Å². The Morgan fingerprint density at radius 1 is 1.20 bits per heavy atom. The third-order valence-electron chi connectivity index (χ3n) is 7.75. The highest BCUT2D eigenvalue weighted by molar-refractivity contribution is 7.90. The largest absolute Gasteiger partial charge is 0.376 e. The zero-order valence-corrected chi connectivity index (χ0v) is 25.1. The maximum atomic E-state index is 14.1. The van der Waals surface area contributed by atoms with E-state index in [1.807, 2.05) is 54.5 Å². The number of rotatable bonds is 8. The molecule has 2 fully saturated rings. The topological polar surface area (TPSA) is 101 Å². The van der Waals surface area contributed by atoms with Gasteiger partial charge in [-0.15, -0.1) is 18.2 Å². The number of likely N-dealkylation sites (tertiary alicyclic amines) is 1. The van der Waals surface area contributed by atoms with Crippen LogP contribution in [0.1, 0.15) is 77.0 Å². The van der Waals surface area contributed by atoms with E-state index >= 15 is 0 Å². The molecule has 0 bridgehead atoms. The molecule has 1 aromatic carbocycles. The number of ether oxygens (including phenoxy) is 1. The number of carbonyl (C=O) groups is 2. The average Bonchev–Trinajstić information content (AvgIpc) is 3.48. The molecule has 0 radical (unpaired) electrons. The Kier molecular flexibility index (Phi) is 9.82. The molecule has 9 nitrogen and oxygen atoms in total. The van der Waals surface area contributed by atoms with Crippen LogP contribution in [0.3, 0.4) is 0 Å². The summed E-state index contributed by atoms with van der Waals surface area (Å²) in [6, 6.07) is 8.55. The highest BCUT2D eigenvalue weighted by Gasteiger charge is 2.45. The van der Waals surface area contributed by atoms with Gasteiger partial charge in [0.25, 0.3) is 0 Å². The SMILES string of the molecule is C/C(C#N)=C(/S)c1ccc([C@H](C)NC(=O)[C@@H]2C[C@@H](OCC(C)C)CN2C(=O)[C@H]2CCCCC3=CN(C)NN32)cc1. The predicted molar refractivity (Wildman–Crippen MR) is 158 cm³/mol. The lowest BCUT2D eigenvalue weighted by Gasteiger charge is -2.34. The maximum Gasteiger partial charge on any atom is 0.247 e. The molecule has 3 aliphatic heterocycles. The van der Waals surface area contributed by atoms with Gasteiger partial charge in [-0.3, -0.25) is 19.6 Å². The van der Waals surface area contributed by atoms with Crippen LogP contribution in [0.2, 0.25) is 0 Å². The molecule has 0 aromatic heterocycles. The summed E-state index contributed by atoms with van der Waals surface area (Å²) in [7, 11) is 1.93. The number of amides is 2. The molecule has 10 heteroatoms. The van der Waals surface area contributed by atoms with E-state index in [1.165, 1.54) is 0 Å². The molecule has 0 saturated carbocycles. The fourth-order valence-electron chi connectivity index (χ4n) is 5.53. The molecular formula is C30H42N6O3S. The Labute approximate surface area is 243 Å². The highest BCUT2D eigenvalue weighted by Crippen LogP contribution is 2.31. The van der Waals surface area contributed by atoms with Gasteiger partial charge in [-0.25, -0.2) is 0 Å². The number of nitrogens with one attached hydrogen (secondary N) is 2. The summed E-state index contributed by atoms with van der Waals surface area (Å²) in [5.74, 6) is 0.152. The Bertz CT molecular complexity index is 1190. The lowest BCUT2D eigenvalue weighted by atomic mass is 10.0. The molecule has 40 heavy (non-hydrogen) atoms. The summed E-state index contributed by atoms with van der Waals surface area (Å²) in [4.78, 5) is 30.1. The Morgan fingerprint density at radius 2 is 1.93 bits per heavy atom. The first-order chi connectivity index (χ1) is 19.1. The molecule has 2 amide bonds. The van der Waals surface area contributed by atoms with Gasteiger partial charge in [-0.2, -0.15) is 5.26 Å². The van der Waals surface area contributed by atoms with E-state index in [2.05, 4.69) is 43.4 Å². The Morgan fingerprint density at radius 3 is 2.60 bits per heavy atom. The van der Waals surface area contributed by atoms with Gasteiger partial charge in [0.05, 0.1) is 18.2 Å². The minimum atomic E-state index is -0.604. The number of fused-ring (bicyclic) bond motifs is 1. The van der Waals surface area contributed by atoms with Crippen LogP contribution in [0.4, 0.5) is 0 Å². The standard InChI is InChI=1S/C30H42N6O3S/c1-19(2)18-39-25-14-27(29(37)32-21(4)22-10-12-23(13-11-22)28(40)20(3)15-31)35(17-25)30(38)26-9-7-6-8-24-16-34(5)33-36(24)26/h10-13,16,19,21,25-27,33,40H,6-9,14,17-18H2,1-5H3,(H,32,37)/b28-20-/t21-,25+,26+,27-/m0/s1. The molecular weight excluding hydrogens is 524 g/mol. The number of benzene rings is 1. The summed E-state index contributed by atoms with van der Waals surface area (Å²) in [5.41, 5.74) is 6.72. The molecule has 3 heterocycles. The summed E-state index contributed by atoms with van der Waals surface area (Å²) >= 11 is 4.46. The summed E-state index contributed by atoms with van der Waals surface area (Å²) in [6.07, 6.45) is 5.96. The number of hydrogen-bond donors (Lipinski definition) is 3. The third kappa shape index (κ3) is 6.82. The van der Waals surface area contributed by atoms with E-state index in [1.54, 1.807) is 11.8 Å². The van der Waals surface area contributed by atoms with Crippen molar-refractivity contribution in [3.63, 3.8) is 0 Å². The average molecular weight is 567 g/mol. The molecule has 0 aliphatic carbocycles. The smallest absolute Gasteiger partial charge is 0.247 e. The lowest BCUT2D eigenvalue weighted by molar-refractivity contribution is -0.144. The number of nitrogens with zero attached hydrogens (tertiary/aromatic N) is 4. The van der Waals surface area contributed by atoms with Crippen molar-refractivity contribution in [2.75, 3.05) is 20.2 Å². The number of carbonyl (C=O) groups excluding carboxylic acids is 2. The second-order valence-electron chi connectivity index (χ2n) is 11.5. The minimum absolute atomic E-state index is 0.0376. The van der Waals surface area contributed by atoms with Gasteiger partial charge < -0.3 is 15.0 Å². The molecule has 0 unspecified atom stereocenters. The van der Waals surface area contributed by atoms with Crippen molar-refractivity contribution >= 4 is 29.3 Å². The molecule has 1 aromatic rings. The van der Waals surface area contributed by atoms with Gasteiger partial charge in [0, 0.05) is 49.0 Å². The number of allylic oxidation sites excluding steroid dienone is 2. The highest BCUT2D eigenvalue weighted by atomic mass is 32.1. The maximum absolute atomic E-state index is 14.1. The molecule has 4 atom stereocenters. The van der Waals surface area contributed by atoms with Crippen molar-refractivity contribution in [3.8, 4) is 6.07 Å². The summed E-state index contributed by atoms with van der Waals surface area (Å²) in [5, 5.41) is 16.2. The fourth-order valence-corrected chi connectivity index (χ4v) is 5.73. The van der Waals surface area contributed by atoms with Gasteiger partial charge in [0.1, 0.15) is 12.1 Å². The van der Waals surface area contributed by atoms with E-state index in [0.29, 0.717) is 36.0 Å². The first-order valence-corrected chi connectivity index (χ1v) is 14.7. The summed E-state index contributed by atoms with van der Waals surface area (Å²) < 4.78 is 6.14. The predicted octanol–water partition coefficient (Wildman–Crippen LogP) is 4.14. The van der Waals surface area contributed by atoms with Crippen LogP contribution >= 0.6 is 12.6 Å². The van der Waals surface area contributed by atoms with E-state index < -0.39 is 6.04 Å². The van der Waals surface area contributed by atoms with Gasteiger partial charge in [0.15, 0.2) is 0 Å². The second kappa shape index (κ2) is 13.1. The first kappa shape index (κ1) is 30.0. The van der Waals surface area contributed by atoms with Crippen LogP contribution in [0.5, 0.6) is 0 Å². The Hall–Kier alpha value is -3.00.